The van der Waals surface area contributed by atoms with Crippen LogP contribution in [0.1, 0.15) is 41.5 Å². The van der Waals surface area contributed by atoms with E-state index >= 15 is 0 Å². The maximum absolute atomic E-state index is 12.1. The summed E-state index contributed by atoms with van der Waals surface area (Å²) in [5.74, 6) is 0.395. The summed E-state index contributed by atoms with van der Waals surface area (Å²) in [6, 6.07) is 32.2. The van der Waals surface area contributed by atoms with Crippen molar-refractivity contribution in [2.24, 2.45) is 0 Å². The minimum atomic E-state index is -3.29. The third-order valence-electron chi connectivity index (χ3n) is 7.02. The maximum Gasteiger partial charge on any atom is 0.175 e. The molecule has 0 saturated carbocycles. The fourth-order valence-corrected chi connectivity index (χ4v) is 6.50. The van der Waals surface area contributed by atoms with Crippen LogP contribution in [0.3, 0.4) is 0 Å². The number of aromatic nitrogens is 2. The van der Waals surface area contributed by atoms with E-state index in [1.165, 1.54) is 11.8 Å². The Kier molecular flexibility index (Phi) is 6.82. The van der Waals surface area contributed by atoms with Crippen LogP contribution in [-0.4, -0.2) is 24.6 Å². The molecule has 198 valence electrons. The van der Waals surface area contributed by atoms with Gasteiger partial charge in [0.15, 0.2) is 9.84 Å². The molecule has 0 aliphatic heterocycles. The summed E-state index contributed by atoms with van der Waals surface area (Å²) < 4.78 is 25.3. The number of rotatable bonds is 6. The third kappa shape index (κ3) is 5.20. The van der Waals surface area contributed by atoms with E-state index in [4.69, 9.17) is 9.97 Å². The van der Waals surface area contributed by atoms with Gasteiger partial charge in [0.05, 0.1) is 20.6 Å². The summed E-state index contributed by atoms with van der Waals surface area (Å²) in [4.78, 5) is 9.95. The number of thiazole rings is 1. The van der Waals surface area contributed by atoms with Crippen molar-refractivity contribution in [1.82, 2.24) is 9.97 Å². The number of para-hydroxylation sites is 1. The van der Waals surface area contributed by atoms with Crippen molar-refractivity contribution in [2.75, 3.05) is 6.26 Å². The lowest BCUT2D eigenvalue weighted by Gasteiger charge is -2.13. The van der Waals surface area contributed by atoms with Crippen molar-refractivity contribution in [1.29, 1.82) is 0 Å². The van der Waals surface area contributed by atoms with E-state index in [1.54, 1.807) is 23.5 Å². The van der Waals surface area contributed by atoms with Gasteiger partial charge in [0.1, 0.15) is 5.01 Å². The topological polar surface area (TPSA) is 59.9 Å². The fourth-order valence-electron chi connectivity index (χ4n) is 4.87. The molecule has 0 spiro atoms. The fraction of sp³-hybridized carbons (Fsp3) is 0.118. The number of benzene rings is 4. The predicted molar refractivity (Wildman–Crippen MR) is 167 cm³/mol. The van der Waals surface area contributed by atoms with E-state index in [9.17, 15) is 8.42 Å². The van der Waals surface area contributed by atoms with Crippen molar-refractivity contribution in [3.8, 4) is 11.1 Å². The van der Waals surface area contributed by atoms with Crippen LogP contribution in [0.5, 0.6) is 0 Å². The summed E-state index contributed by atoms with van der Waals surface area (Å²) in [5, 5.41) is 2.01. The zero-order valence-electron chi connectivity index (χ0n) is 22.5. The Morgan fingerprint density at radius 2 is 1.68 bits per heavy atom. The molecule has 0 aliphatic carbocycles. The van der Waals surface area contributed by atoms with Crippen LogP contribution >= 0.6 is 11.3 Å². The van der Waals surface area contributed by atoms with Crippen LogP contribution in [0, 0.1) is 0 Å². The normalized spacial score (nSPS) is 12.4. The van der Waals surface area contributed by atoms with Gasteiger partial charge in [0.25, 0.3) is 0 Å². The van der Waals surface area contributed by atoms with E-state index in [1.807, 2.05) is 42.6 Å². The number of nitrogens with zero attached hydrogens (tertiary/aromatic N) is 2. The summed E-state index contributed by atoms with van der Waals surface area (Å²) in [5.41, 5.74) is 8.28. The smallest absolute Gasteiger partial charge is 0.175 e. The Labute approximate surface area is 238 Å². The SMILES string of the molecule is CC(C)c1cc(-c2cccc(/C=C(/c3ccc(S(C)(=O)=O)cc3)c3nc4ccccc4s3)c2)c2ncccc2c1. The first-order valence-electron chi connectivity index (χ1n) is 13.1. The standard InChI is InChI=1S/C34H28N2O2S2/c1-22(2)27-20-26-10-7-17-35-33(26)29(21-27)25-9-6-8-23(18-25)19-30(24-13-15-28(16-14-24)40(3,37)38)34-36-31-11-4-5-12-32(31)39-34/h4-22H,1-3H3/b30-19-. The molecule has 0 fully saturated rings. The third-order valence-corrected chi connectivity index (χ3v) is 9.22. The maximum atomic E-state index is 12.1. The second-order valence-corrected chi connectivity index (χ2v) is 13.3. The second-order valence-electron chi connectivity index (χ2n) is 10.3. The van der Waals surface area contributed by atoms with Gasteiger partial charge in [-0.15, -0.1) is 11.3 Å². The molecule has 40 heavy (non-hydrogen) atoms. The van der Waals surface area contributed by atoms with Crippen molar-refractivity contribution < 1.29 is 8.42 Å². The van der Waals surface area contributed by atoms with Gasteiger partial charge < -0.3 is 0 Å². The minimum absolute atomic E-state index is 0.298. The predicted octanol–water partition coefficient (Wildman–Crippen LogP) is 8.63. The highest BCUT2D eigenvalue weighted by atomic mass is 32.2. The van der Waals surface area contributed by atoms with Gasteiger partial charge in [-0.05, 0) is 82.8 Å². The van der Waals surface area contributed by atoms with Gasteiger partial charge in [-0.2, -0.15) is 0 Å². The van der Waals surface area contributed by atoms with E-state index in [0.717, 1.165) is 54.0 Å². The quantitative estimate of drug-likeness (QED) is 0.191. The highest BCUT2D eigenvalue weighted by Crippen LogP contribution is 2.35. The van der Waals surface area contributed by atoms with Gasteiger partial charge in [0.2, 0.25) is 0 Å². The van der Waals surface area contributed by atoms with Gasteiger partial charge in [-0.25, -0.2) is 13.4 Å². The van der Waals surface area contributed by atoms with E-state index in [0.29, 0.717) is 10.8 Å². The van der Waals surface area contributed by atoms with Crippen LogP contribution in [0.15, 0.2) is 108 Å². The summed E-state index contributed by atoms with van der Waals surface area (Å²) in [7, 11) is -3.29. The zero-order valence-corrected chi connectivity index (χ0v) is 24.1. The molecule has 0 amide bonds. The molecule has 6 heteroatoms. The molecule has 0 bridgehead atoms. The Morgan fingerprint density at radius 3 is 2.42 bits per heavy atom. The molecule has 0 radical (unpaired) electrons. The van der Waals surface area contributed by atoms with Crippen molar-refractivity contribution >= 4 is 53.9 Å². The lowest BCUT2D eigenvalue weighted by Crippen LogP contribution is -1.97. The molecular weight excluding hydrogens is 533 g/mol. The van der Waals surface area contributed by atoms with Gasteiger partial charge in [-0.1, -0.05) is 62.4 Å². The molecule has 0 saturated heterocycles. The van der Waals surface area contributed by atoms with E-state index in [2.05, 4.69) is 68.5 Å². The van der Waals surface area contributed by atoms with Crippen LogP contribution in [0.25, 0.3) is 43.9 Å². The minimum Gasteiger partial charge on any atom is -0.256 e. The Hall–Kier alpha value is -4.13. The molecule has 6 aromatic rings. The van der Waals surface area contributed by atoms with Crippen molar-refractivity contribution in [3.63, 3.8) is 0 Å². The van der Waals surface area contributed by atoms with Gasteiger partial charge >= 0.3 is 0 Å². The molecule has 0 N–H and O–H groups in total. The molecule has 4 nitrogen and oxygen atoms in total. The molecule has 0 atom stereocenters. The Balaban J connectivity index is 1.52. The summed E-state index contributed by atoms with van der Waals surface area (Å²) in [6.07, 6.45) is 5.21. The van der Waals surface area contributed by atoms with Crippen LogP contribution < -0.4 is 0 Å². The molecule has 2 heterocycles. The van der Waals surface area contributed by atoms with Crippen LogP contribution in [0.2, 0.25) is 0 Å². The lowest BCUT2D eigenvalue weighted by molar-refractivity contribution is 0.602. The molecule has 0 aliphatic rings. The van der Waals surface area contributed by atoms with Crippen LogP contribution in [0.4, 0.5) is 0 Å². The number of sulfone groups is 1. The molecule has 4 aromatic carbocycles. The van der Waals surface area contributed by atoms with E-state index in [-0.39, 0.29) is 0 Å². The zero-order chi connectivity index (χ0) is 27.9. The first-order valence-corrected chi connectivity index (χ1v) is 15.8. The Bertz CT molecular complexity index is 1970. The van der Waals surface area contributed by atoms with Gasteiger partial charge in [0, 0.05) is 29.0 Å². The van der Waals surface area contributed by atoms with Crippen molar-refractivity contribution in [3.05, 3.63) is 125 Å². The largest absolute Gasteiger partial charge is 0.256 e. The molecular formula is C34H28N2O2S2. The first-order chi connectivity index (χ1) is 19.3. The molecule has 2 aromatic heterocycles. The molecule has 6 rings (SSSR count). The average Bonchev–Trinajstić information content (AvgIpc) is 3.39. The number of pyridine rings is 1. The monoisotopic (exact) mass is 560 g/mol. The van der Waals surface area contributed by atoms with Gasteiger partial charge in [-0.3, -0.25) is 4.98 Å². The highest BCUT2D eigenvalue weighted by molar-refractivity contribution is 7.90. The average molecular weight is 561 g/mol. The summed E-state index contributed by atoms with van der Waals surface area (Å²) >= 11 is 1.63. The van der Waals surface area contributed by atoms with E-state index < -0.39 is 9.84 Å². The Morgan fingerprint density at radius 1 is 0.875 bits per heavy atom. The second kappa shape index (κ2) is 10.5. The van der Waals surface area contributed by atoms with Crippen molar-refractivity contribution in [2.45, 2.75) is 24.7 Å². The van der Waals surface area contributed by atoms with Crippen LogP contribution in [-0.2, 0) is 9.84 Å². The summed E-state index contributed by atoms with van der Waals surface area (Å²) in [6.45, 7) is 4.42. The number of fused-ring (bicyclic) bond motifs is 2. The molecule has 0 unspecified atom stereocenters. The number of hydrogen-bond acceptors (Lipinski definition) is 5. The highest BCUT2D eigenvalue weighted by Gasteiger charge is 2.15. The number of hydrogen-bond donors (Lipinski definition) is 0. The lowest BCUT2D eigenvalue weighted by atomic mass is 9.93. The first kappa shape index (κ1) is 26.1.